The maximum atomic E-state index is 9.07. The van der Waals surface area contributed by atoms with Crippen molar-refractivity contribution in [3.63, 3.8) is 0 Å². The van der Waals surface area contributed by atoms with Crippen LogP contribution in [0.2, 0.25) is 0 Å². The van der Waals surface area contributed by atoms with Crippen LogP contribution in [0.4, 0.5) is 0 Å². The Hall–Kier alpha value is -6.07. The van der Waals surface area contributed by atoms with E-state index in [0.29, 0.717) is 33.4 Å². The van der Waals surface area contributed by atoms with Crippen LogP contribution in [0.25, 0.3) is 83.6 Å². The molecular formula is C39H24N4O. The molecule has 0 radical (unpaired) electrons. The minimum absolute atomic E-state index is 0.0327. The molecular weight excluding hydrogens is 540 g/mol. The van der Waals surface area contributed by atoms with Crippen LogP contribution >= 0.6 is 0 Å². The quantitative estimate of drug-likeness (QED) is 0.210. The number of nitrogens with zero attached hydrogens (tertiary/aromatic N) is 4. The molecule has 0 unspecified atom stereocenters. The van der Waals surface area contributed by atoms with Gasteiger partial charge in [0.1, 0.15) is 11.2 Å². The van der Waals surface area contributed by atoms with E-state index in [1.54, 1.807) is 18.2 Å². The second-order valence-corrected chi connectivity index (χ2v) is 10.2. The number of hydrogen-bond donors (Lipinski definition) is 0. The van der Waals surface area contributed by atoms with Crippen molar-refractivity contribution in [2.24, 2.45) is 0 Å². The monoisotopic (exact) mass is 573 g/mol. The third-order valence-corrected chi connectivity index (χ3v) is 7.68. The lowest BCUT2D eigenvalue weighted by Gasteiger charge is -2.11. The molecule has 3 heterocycles. The second-order valence-electron chi connectivity index (χ2n) is 10.2. The van der Waals surface area contributed by atoms with Crippen molar-refractivity contribution in [3.05, 3.63) is 145 Å². The Kier molecular flexibility index (Phi) is 3.80. The maximum Gasteiger partial charge on any atom is 0.238 e. The molecule has 9 rings (SSSR count). The summed E-state index contributed by atoms with van der Waals surface area (Å²) in [6.07, 6.45) is 0. The molecule has 0 saturated heterocycles. The van der Waals surface area contributed by atoms with Crippen LogP contribution in [0.1, 0.15) is 12.3 Å². The van der Waals surface area contributed by atoms with Crippen molar-refractivity contribution < 1.29 is 16.8 Å². The molecule has 5 nitrogen and oxygen atoms in total. The van der Waals surface area contributed by atoms with Gasteiger partial charge < -0.3 is 4.42 Å². The average Bonchev–Trinajstić information content (AvgIpc) is 3.73. The van der Waals surface area contributed by atoms with Crippen LogP contribution in [0.15, 0.2) is 150 Å². The molecule has 0 fully saturated rings. The van der Waals surface area contributed by atoms with E-state index in [2.05, 4.69) is 0 Å². The van der Waals surface area contributed by atoms with Gasteiger partial charge in [-0.3, -0.25) is 4.57 Å². The van der Waals surface area contributed by atoms with E-state index < -0.39 is 42.3 Å². The van der Waals surface area contributed by atoms with Gasteiger partial charge in [-0.15, -0.1) is 0 Å². The Labute approximate surface area is 265 Å². The largest absolute Gasteiger partial charge is 0.456 e. The predicted octanol–water partition coefficient (Wildman–Crippen LogP) is 9.87. The Bertz CT molecular complexity index is 2990. The predicted molar refractivity (Wildman–Crippen MR) is 178 cm³/mol. The van der Waals surface area contributed by atoms with E-state index >= 15 is 0 Å². The minimum Gasteiger partial charge on any atom is -0.456 e. The fraction of sp³-hybridized carbons (Fsp3) is 0. The number of furan rings is 1. The summed E-state index contributed by atoms with van der Waals surface area (Å²) in [6, 6.07) is 23.7. The summed E-state index contributed by atoms with van der Waals surface area (Å²) in [7, 11) is 0. The van der Waals surface area contributed by atoms with E-state index in [1.165, 1.54) is 4.57 Å². The smallest absolute Gasteiger partial charge is 0.238 e. The first-order valence-electron chi connectivity index (χ1n) is 18.4. The number of fused-ring (bicyclic) bond motifs is 6. The Morgan fingerprint density at radius 3 is 2.07 bits per heavy atom. The molecule has 0 aliphatic carbocycles. The number of hydrogen-bond acceptors (Lipinski definition) is 4. The fourth-order valence-corrected chi connectivity index (χ4v) is 5.65. The summed E-state index contributed by atoms with van der Waals surface area (Å²) in [5.41, 5.74) is 3.32. The lowest BCUT2D eigenvalue weighted by atomic mass is 10.0. The van der Waals surface area contributed by atoms with Crippen LogP contribution in [0.5, 0.6) is 0 Å². The van der Waals surface area contributed by atoms with Crippen molar-refractivity contribution in [2.45, 2.75) is 0 Å². The van der Waals surface area contributed by atoms with Gasteiger partial charge in [0.05, 0.1) is 23.4 Å². The molecule has 0 aliphatic rings. The third-order valence-electron chi connectivity index (χ3n) is 7.68. The number of benzene rings is 6. The molecule has 0 saturated carbocycles. The van der Waals surface area contributed by atoms with E-state index in [4.69, 9.17) is 31.7 Å². The van der Waals surface area contributed by atoms with Crippen molar-refractivity contribution in [3.8, 4) is 39.9 Å². The summed E-state index contributed by atoms with van der Waals surface area (Å²) in [6.45, 7) is 0. The van der Waals surface area contributed by atoms with Gasteiger partial charge in [0.15, 0.2) is 11.6 Å². The van der Waals surface area contributed by atoms with Crippen molar-refractivity contribution in [2.75, 3.05) is 0 Å². The molecule has 0 amide bonds. The molecule has 3 aromatic heterocycles. The van der Waals surface area contributed by atoms with Gasteiger partial charge in [-0.2, -0.15) is 9.97 Å². The van der Waals surface area contributed by atoms with Crippen molar-refractivity contribution in [1.29, 1.82) is 0 Å². The van der Waals surface area contributed by atoms with Gasteiger partial charge in [-0.25, -0.2) is 4.98 Å². The SMILES string of the molecule is [2H]c1c([2H])c([2H])c(-c2ccc3c4c([2H])c([2H])c([2H])c([2H])c4n(-c4nc(-c5ccccc5)nc(-c5ccc6c(c5)oc5ccccc56)n4)c3c2)c([2H])c1[2H]. The zero-order chi connectivity index (χ0) is 36.9. The van der Waals surface area contributed by atoms with E-state index in [0.717, 1.165) is 16.4 Å². The van der Waals surface area contributed by atoms with Gasteiger partial charge in [0.25, 0.3) is 0 Å². The fourth-order valence-electron chi connectivity index (χ4n) is 5.65. The molecule has 0 N–H and O–H groups in total. The highest BCUT2D eigenvalue weighted by molar-refractivity contribution is 6.10. The first-order valence-corrected chi connectivity index (χ1v) is 13.9. The second kappa shape index (κ2) is 9.75. The van der Waals surface area contributed by atoms with Crippen molar-refractivity contribution >= 4 is 43.7 Å². The highest BCUT2D eigenvalue weighted by Crippen LogP contribution is 2.36. The maximum absolute atomic E-state index is 9.07. The first kappa shape index (κ1) is 17.1. The average molecular weight is 574 g/mol. The molecule has 0 atom stereocenters. The molecule has 5 heteroatoms. The van der Waals surface area contributed by atoms with Crippen LogP contribution < -0.4 is 0 Å². The summed E-state index contributed by atoms with van der Waals surface area (Å²) >= 11 is 0. The van der Waals surface area contributed by atoms with Crippen LogP contribution in [0.3, 0.4) is 0 Å². The molecule has 206 valence electrons. The van der Waals surface area contributed by atoms with E-state index in [1.807, 2.05) is 72.8 Å². The standard InChI is InChI=1S/C39H24N4O/c1-3-11-25(12-4-1)27-19-21-30-29-15-7-9-17-33(29)43(34(30)23-27)39-41-37(26-13-5-2-6-14-26)40-38(42-39)28-20-22-32-31-16-8-10-18-35(31)44-36(32)24-28/h1-24H/i1D,3D,4D,7D,9D,11D,12D,15D,17D. The molecule has 44 heavy (non-hydrogen) atoms. The van der Waals surface area contributed by atoms with E-state index in [9.17, 15) is 0 Å². The van der Waals surface area contributed by atoms with Crippen LogP contribution in [-0.4, -0.2) is 19.5 Å². The summed E-state index contributed by atoms with van der Waals surface area (Å²) in [5, 5.41) is 2.52. The number of aromatic nitrogens is 4. The third kappa shape index (κ3) is 3.91. The first-order chi connectivity index (χ1) is 25.5. The van der Waals surface area contributed by atoms with Gasteiger partial charge >= 0.3 is 0 Å². The highest BCUT2D eigenvalue weighted by Gasteiger charge is 2.19. The molecule has 0 spiro atoms. The lowest BCUT2D eigenvalue weighted by molar-refractivity contribution is 0.669. The highest BCUT2D eigenvalue weighted by atomic mass is 16.3. The zero-order valence-electron chi connectivity index (χ0n) is 31.9. The molecule has 0 bridgehead atoms. The lowest BCUT2D eigenvalue weighted by Crippen LogP contribution is -2.06. The Morgan fingerprint density at radius 1 is 0.477 bits per heavy atom. The van der Waals surface area contributed by atoms with E-state index in [-0.39, 0.29) is 45.9 Å². The molecule has 9 aromatic rings. The summed E-state index contributed by atoms with van der Waals surface area (Å²) in [4.78, 5) is 14.7. The summed E-state index contributed by atoms with van der Waals surface area (Å²) in [5.74, 6) is 0.614. The number of para-hydroxylation sites is 2. The number of rotatable bonds is 4. The van der Waals surface area contributed by atoms with Crippen LogP contribution in [-0.2, 0) is 0 Å². The zero-order valence-corrected chi connectivity index (χ0v) is 22.9. The van der Waals surface area contributed by atoms with Gasteiger partial charge in [-0.1, -0.05) is 115 Å². The Balaban J connectivity index is 1.38. The van der Waals surface area contributed by atoms with Gasteiger partial charge in [0, 0.05) is 32.7 Å². The Morgan fingerprint density at radius 2 is 1.18 bits per heavy atom. The molecule has 6 aromatic carbocycles. The minimum atomic E-state index is -0.519. The topological polar surface area (TPSA) is 56.7 Å². The van der Waals surface area contributed by atoms with Gasteiger partial charge in [0.2, 0.25) is 5.95 Å². The molecule has 0 aliphatic heterocycles. The summed E-state index contributed by atoms with van der Waals surface area (Å²) < 4.78 is 84.7. The normalized spacial score (nSPS) is 14.5. The van der Waals surface area contributed by atoms with Crippen LogP contribution in [0, 0.1) is 0 Å². The van der Waals surface area contributed by atoms with Gasteiger partial charge in [-0.05, 0) is 41.4 Å². The van der Waals surface area contributed by atoms with Crippen molar-refractivity contribution in [1.82, 2.24) is 19.5 Å².